The molecule has 0 radical (unpaired) electrons. The van der Waals surface area contributed by atoms with Gasteiger partial charge >= 0.3 is 0 Å². The maximum absolute atomic E-state index is 5.89. The molecule has 2 rings (SSSR count). The zero-order valence-corrected chi connectivity index (χ0v) is 11.4. The van der Waals surface area contributed by atoms with Crippen molar-refractivity contribution in [3.05, 3.63) is 0 Å². The lowest BCUT2D eigenvalue weighted by Gasteiger charge is -2.40. The Hall–Kier alpha value is -0.120. The molecule has 1 aliphatic carbocycles. The van der Waals surface area contributed by atoms with Gasteiger partial charge in [0.15, 0.2) is 0 Å². The van der Waals surface area contributed by atoms with Gasteiger partial charge in [-0.2, -0.15) is 0 Å². The van der Waals surface area contributed by atoms with E-state index in [1.54, 1.807) is 0 Å². The van der Waals surface area contributed by atoms with Crippen LogP contribution in [0.25, 0.3) is 0 Å². The largest absolute Gasteiger partial charge is 0.378 e. The van der Waals surface area contributed by atoms with Crippen LogP contribution in [0.15, 0.2) is 0 Å². The minimum absolute atomic E-state index is 0.480. The third kappa shape index (κ3) is 3.01. The molecule has 0 aromatic heterocycles. The van der Waals surface area contributed by atoms with Crippen molar-refractivity contribution < 1.29 is 4.74 Å². The van der Waals surface area contributed by atoms with Crippen LogP contribution >= 0.6 is 0 Å². The van der Waals surface area contributed by atoms with Crippen molar-refractivity contribution in [1.82, 2.24) is 4.90 Å². The van der Waals surface area contributed by atoms with Gasteiger partial charge in [-0.15, -0.1) is 0 Å². The second kappa shape index (κ2) is 6.17. The Morgan fingerprint density at radius 2 is 2.12 bits per heavy atom. The van der Waals surface area contributed by atoms with Crippen LogP contribution in [0, 0.1) is 5.92 Å². The molecule has 0 aromatic carbocycles. The van der Waals surface area contributed by atoms with E-state index in [-0.39, 0.29) is 0 Å². The van der Waals surface area contributed by atoms with Crippen LogP contribution < -0.4 is 5.73 Å². The molecule has 3 nitrogen and oxygen atoms in total. The molecular formula is C14H28N2O. The van der Waals surface area contributed by atoms with Gasteiger partial charge in [0.25, 0.3) is 0 Å². The molecule has 1 heterocycles. The van der Waals surface area contributed by atoms with Gasteiger partial charge in [-0.05, 0) is 51.6 Å². The molecule has 1 aliphatic heterocycles. The van der Waals surface area contributed by atoms with Crippen molar-refractivity contribution >= 4 is 0 Å². The molecule has 0 aromatic rings. The summed E-state index contributed by atoms with van der Waals surface area (Å²) >= 11 is 0. The van der Waals surface area contributed by atoms with E-state index in [0.717, 1.165) is 31.5 Å². The van der Waals surface area contributed by atoms with Crippen LogP contribution in [0.1, 0.15) is 45.4 Å². The number of hydrogen-bond acceptors (Lipinski definition) is 3. The fourth-order valence-corrected chi connectivity index (χ4v) is 3.61. The van der Waals surface area contributed by atoms with E-state index < -0.39 is 0 Å². The molecule has 3 heteroatoms. The second-order valence-corrected chi connectivity index (χ2v) is 5.74. The third-order valence-corrected chi connectivity index (χ3v) is 4.82. The fourth-order valence-electron chi connectivity index (χ4n) is 3.61. The van der Waals surface area contributed by atoms with Gasteiger partial charge in [0.1, 0.15) is 0 Å². The second-order valence-electron chi connectivity index (χ2n) is 5.74. The van der Waals surface area contributed by atoms with E-state index in [1.165, 1.54) is 32.1 Å². The summed E-state index contributed by atoms with van der Waals surface area (Å²) in [4.78, 5) is 2.62. The summed E-state index contributed by atoms with van der Waals surface area (Å²) in [6.45, 7) is 4.02. The Balaban J connectivity index is 1.91. The maximum Gasteiger partial charge on any atom is 0.0587 e. The molecule has 0 spiro atoms. The first-order valence-corrected chi connectivity index (χ1v) is 7.29. The zero-order valence-electron chi connectivity index (χ0n) is 11.4. The topological polar surface area (TPSA) is 38.5 Å². The summed E-state index contributed by atoms with van der Waals surface area (Å²) in [5, 5.41) is 0. The van der Waals surface area contributed by atoms with E-state index in [2.05, 4.69) is 18.9 Å². The van der Waals surface area contributed by atoms with E-state index in [0.29, 0.717) is 12.1 Å². The average molecular weight is 240 g/mol. The number of hydrogen-bond donors (Lipinski definition) is 1. The van der Waals surface area contributed by atoms with E-state index in [4.69, 9.17) is 10.5 Å². The molecule has 17 heavy (non-hydrogen) atoms. The minimum atomic E-state index is 0.480. The molecule has 0 bridgehead atoms. The highest BCUT2D eigenvalue weighted by molar-refractivity contribution is 4.89. The van der Waals surface area contributed by atoms with Crippen molar-refractivity contribution in [3.63, 3.8) is 0 Å². The molecule has 2 aliphatic rings. The van der Waals surface area contributed by atoms with Crippen LogP contribution in [0.2, 0.25) is 0 Å². The molecule has 1 saturated heterocycles. The summed E-state index contributed by atoms with van der Waals surface area (Å²) in [6, 6.07) is 1.44. The van der Waals surface area contributed by atoms with Gasteiger partial charge in [-0.25, -0.2) is 0 Å². The Morgan fingerprint density at radius 3 is 2.82 bits per heavy atom. The minimum Gasteiger partial charge on any atom is -0.378 e. The first-order valence-electron chi connectivity index (χ1n) is 7.29. The lowest BCUT2D eigenvalue weighted by Crippen LogP contribution is -2.47. The summed E-state index contributed by atoms with van der Waals surface area (Å²) in [6.07, 6.45) is 8.06. The quantitative estimate of drug-likeness (QED) is 0.817. The van der Waals surface area contributed by atoms with Crippen molar-refractivity contribution in [1.29, 1.82) is 0 Å². The fraction of sp³-hybridized carbons (Fsp3) is 1.00. The molecule has 2 fully saturated rings. The van der Waals surface area contributed by atoms with Crippen LogP contribution in [-0.4, -0.2) is 43.3 Å². The van der Waals surface area contributed by atoms with Crippen molar-refractivity contribution in [2.75, 3.05) is 20.2 Å². The van der Waals surface area contributed by atoms with Crippen LogP contribution in [-0.2, 0) is 4.74 Å². The Kier molecular flexibility index (Phi) is 4.83. The van der Waals surface area contributed by atoms with Gasteiger partial charge in [0.05, 0.1) is 6.10 Å². The highest BCUT2D eigenvalue weighted by Crippen LogP contribution is 2.32. The van der Waals surface area contributed by atoms with Crippen LogP contribution in [0.3, 0.4) is 0 Å². The molecular weight excluding hydrogens is 212 g/mol. The number of ether oxygens (including phenoxy) is 1. The first-order chi connectivity index (χ1) is 8.26. The van der Waals surface area contributed by atoms with Crippen LogP contribution in [0.4, 0.5) is 0 Å². The monoisotopic (exact) mass is 240 g/mol. The standard InChI is InChI=1S/C14H28N2O/c1-3-13-9-12(7-8-17-13)16(2)14-6-4-5-11(14)10-15/h11-14H,3-10,15H2,1-2H3. The highest BCUT2D eigenvalue weighted by Gasteiger charge is 2.34. The lowest BCUT2D eigenvalue weighted by atomic mass is 9.95. The molecule has 4 unspecified atom stereocenters. The van der Waals surface area contributed by atoms with Gasteiger partial charge in [-0.3, -0.25) is 4.90 Å². The van der Waals surface area contributed by atoms with Crippen molar-refractivity contribution in [2.45, 2.75) is 63.6 Å². The maximum atomic E-state index is 5.89. The van der Waals surface area contributed by atoms with Gasteiger partial charge in [0, 0.05) is 18.7 Å². The molecule has 4 atom stereocenters. The number of nitrogens with zero attached hydrogens (tertiary/aromatic N) is 1. The summed E-state index contributed by atoms with van der Waals surface area (Å²) < 4.78 is 5.77. The van der Waals surface area contributed by atoms with Crippen molar-refractivity contribution in [3.8, 4) is 0 Å². The van der Waals surface area contributed by atoms with E-state index >= 15 is 0 Å². The lowest BCUT2D eigenvalue weighted by molar-refractivity contribution is -0.0342. The van der Waals surface area contributed by atoms with Gasteiger partial charge in [0.2, 0.25) is 0 Å². The predicted molar refractivity (Wildman–Crippen MR) is 71.0 cm³/mol. The van der Waals surface area contributed by atoms with Crippen LogP contribution in [0.5, 0.6) is 0 Å². The average Bonchev–Trinajstić information content (AvgIpc) is 2.86. The normalized spacial score (nSPS) is 38.8. The van der Waals surface area contributed by atoms with E-state index in [9.17, 15) is 0 Å². The SMILES string of the molecule is CCC1CC(N(C)C2CCCC2CN)CCO1. The Labute approximate surface area is 106 Å². The highest BCUT2D eigenvalue weighted by atomic mass is 16.5. The molecule has 0 amide bonds. The zero-order chi connectivity index (χ0) is 12.3. The molecule has 2 N–H and O–H groups in total. The molecule has 100 valence electrons. The smallest absolute Gasteiger partial charge is 0.0587 e. The summed E-state index contributed by atoms with van der Waals surface area (Å²) in [5.74, 6) is 0.725. The van der Waals surface area contributed by atoms with Gasteiger partial charge in [-0.1, -0.05) is 13.3 Å². The Bertz CT molecular complexity index is 234. The summed E-state index contributed by atoms with van der Waals surface area (Å²) in [7, 11) is 2.31. The van der Waals surface area contributed by atoms with Crippen molar-refractivity contribution in [2.24, 2.45) is 11.7 Å². The number of nitrogens with two attached hydrogens (primary N) is 1. The summed E-state index contributed by atoms with van der Waals surface area (Å²) in [5.41, 5.74) is 5.89. The van der Waals surface area contributed by atoms with Gasteiger partial charge < -0.3 is 10.5 Å². The van der Waals surface area contributed by atoms with E-state index in [1.807, 2.05) is 0 Å². The first kappa shape index (κ1) is 13.3. The third-order valence-electron chi connectivity index (χ3n) is 4.82. The predicted octanol–water partition coefficient (Wildman–Crippen LogP) is 2.00. The number of rotatable bonds is 4. The Morgan fingerprint density at radius 1 is 1.29 bits per heavy atom. The molecule has 1 saturated carbocycles.